The van der Waals surface area contributed by atoms with Gasteiger partial charge in [-0.05, 0) is 81.9 Å². The van der Waals surface area contributed by atoms with Crippen molar-refractivity contribution in [1.82, 2.24) is 0 Å². The van der Waals surface area contributed by atoms with E-state index < -0.39 is 71.1 Å². The molecule has 5 rings (SSSR count). The summed E-state index contributed by atoms with van der Waals surface area (Å²) in [6.45, 7) is 5.66. The van der Waals surface area contributed by atoms with Gasteiger partial charge < -0.3 is 18.7 Å². The number of esters is 1. The number of hydrogen-bond donors (Lipinski definition) is 0. The summed E-state index contributed by atoms with van der Waals surface area (Å²) in [5.41, 5.74) is -4.11. The van der Waals surface area contributed by atoms with Crippen molar-refractivity contribution < 1.29 is 42.7 Å². The molecule has 7 heteroatoms. The molecule has 0 amide bonds. The second-order valence-electron chi connectivity index (χ2n) is 8.92. The molecule has 0 saturated carbocycles. The van der Waals surface area contributed by atoms with Crippen molar-refractivity contribution in [3.63, 3.8) is 0 Å². The second kappa shape index (κ2) is 8.13. The number of epoxide rings is 1. The third kappa shape index (κ3) is 3.03. The smallest absolute Gasteiger partial charge is 0.349 e. The molecule has 0 aromatic carbocycles. The highest BCUT2D eigenvalue weighted by Gasteiger charge is 2.80. The van der Waals surface area contributed by atoms with Crippen LogP contribution in [0, 0.1) is 20.8 Å². The Morgan fingerprint density at radius 2 is 2.15 bits per heavy atom. The van der Waals surface area contributed by atoms with Crippen molar-refractivity contribution in [2.75, 3.05) is 13.6 Å². The average molecular weight is 519 g/mol. The van der Waals surface area contributed by atoms with Crippen molar-refractivity contribution in [2.24, 2.45) is 0 Å². The minimum absolute atomic E-state index is 0.00607. The highest BCUT2D eigenvalue weighted by atomic mass is 32.1. The van der Waals surface area contributed by atoms with Gasteiger partial charge in [0.05, 0.1) is 36.0 Å². The number of rotatable bonds is 7. The molecule has 0 radical (unpaired) electrons. The normalized spacial score (nSPS) is 54.1. The Morgan fingerprint density at radius 1 is 1.41 bits per heavy atom. The first-order valence-electron chi connectivity index (χ1n) is 17.8. The Bertz CT molecular complexity index is 1640. The van der Waals surface area contributed by atoms with Gasteiger partial charge in [-0.25, -0.2) is 4.79 Å². The summed E-state index contributed by atoms with van der Waals surface area (Å²) in [5.74, 6) is -1.61. The molecule has 2 aromatic rings. The molecule has 2 bridgehead atoms. The van der Waals surface area contributed by atoms with Gasteiger partial charge in [0, 0.05) is 25.3 Å². The van der Waals surface area contributed by atoms with Crippen LogP contribution in [0.1, 0.15) is 86.1 Å². The minimum atomic E-state index is -3.90. The summed E-state index contributed by atoms with van der Waals surface area (Å²) in [4.78, 5) is 14.8. The lowest BCUT2D eigenvalue weighted by atomic mass is 9.89. The summed E-state index contributed by atoms with van der Waals surface area (Å²) in [6, 6.07) is -9.53. The summed E-state index contributed by atoms with van der Waals surface area (Å²) >= 11 is 1.43. The molecule has 3 saturated heterocycles. The lowest BCUT2D eigenvalue weighted by Crippen LogP contribution is -2.68. The fourth-order valence-corrected chi connectivity index (χ4v) is 6.97. The number of carbonyl (C=O) groups is 1. The summed E-state index contributed by atoms with van der Waals surface area (Å²) in [7, 11) is 1.08. The molecule has 0 spiro atoms. The Kier molecular flexibility index (Phi) is 3.07. The zero-order valence-corrected chi connectivity index (χ0v) is 22.0. The molecule has 5 nitrogen and oxygen atoms in total. The van der Waals surface area contributed by atoms with E-state index in [0.717, 1.165) is 46.1 Å². The van der Waals surface area contributed by atoms with Crippen molar-refractivity contribution >= 4 is 28.6 Å². The Labute approximate surface area is 231 Å². The van der Waals surface area contributed by atoms with Crippen molar-refractivity contribution in [3.8, 4) is 0 Å². The van der Waals surface area contributed by atoms with Gasteiger partial charge in [0.15, 0.2) is 0 Å². The summed E-state index contributed by atoms with van der Waals surface area (Å²) in [6.07, 6.45) is -14.5. The number of quaternary nitrogens is 1. The number of thiophene rings is 2. The largest absolute Gasteiger partial charge is 0.459 e. The van der Waals surface area contributed by atoms with E-state index in [1.54, 1.807) is 13.8 Å². The molecule has 3 aliphatic rings. The van der Waals surface area contributed by atoms with E-state index in [0.29, 0.717) is 22.5 Å². The quantitative estimate of drug-likeness (QED) is 0.277. The zero-order chi connectivity index (χ0) is 37.2. The standard InChI is InChI=1S/C27H38NO4S2/c1-9-28(15(2)3)20-12-19(13-21(28)26(7)22(20)32-26)31-25(29)27(30-8,23-16(4)10-11-33-23)24-18(6)17(5)14-34-24/h10-11,14-15,19-22H,9,12-13H2,1-8H3/q+1/i9D2,10D,11D,12D2,13D2,14D,15D,19D,20D,21D,22D. The first-order chi connectivity index (χ1) is 21.3. The third-order valence-corrected chi connectivity index (χ3v) is 9.08. The molecule has 0 N–H and O–H groups in total. The van der Waals surface area contributed by atoms with Crippen LogP contribution >= 0.6 is 22.7 Å². The molecule has 7 unspecified atom stereocenters. The lowest BCUT2D eigenvalue weighted by molar-refractivity contribution is -0.991. The molecular weight excluding hydrogens is 466 g/mol. The van der Waals surface area contributed by atoms with Crippen molar-refractivity contribution in [3.05, 3.63) is 43.2 Å². The first-order valence-corrected chi connectivity index (χ1v) is 12.5. The summed E-state index contributed by atoms with van der Waals surface area (Å²) in [5, 5.41) is -0.274. The first kappa shape index (κ1) is 12.8. The number of likely N-dealkylation sites (N-methyl/N-ethyl adjacent to an activating group) is 1. The highest BCUT2D eigenvalue weighted by Crippen LogP contribution is 2.61. The van der Waals surface area contributed by atoms with Crippen LogP contribution in [0.3, 0.4) is 0 Å². The van der Waals surface area contributed by atoms with Crippen LogP contribution in [0.4, 0.5) is 0 Å². The molecule has 3 aliphatic heterocycles. The predicted octanol–water partition coefficient (Wildman–Crippen LogP) is 5.48. The van der Waals surface area contributed by atoms with Gasteiger partial charge >= 0.3 is 5.97 Å². The number of nitrogens with zero attached hydrogens (tertiary/aromatic N) is 1. The topological polar surface area (TPSA) is 48.1 Å². The molecule has 34 heavy (non-hydrogen) atoms. The predicted molar refractivity (Wildman–Crippen MR) is 137 cm³/mol. The third-order valence-electron chi connectivity index (χ3n) is 6.88. The average Bonchev–Trinajstić information content (AvgIpc) is 3.28. The Hall–Kier alpha value is -1.25. The summed E-state index contributed by atoms with van der Waals surface area (Å²) < 4.78 is 143. The number of ether oxygens (including phenoxy) is 3. The van der Waals surface area contributed by atoms with Crippen LogP contribution in [0.5, 0.6) is 0 Å². The van der Waals surface area contributed by atoms with E-state index >= 15 is 0 Å². The van der Waals surface area contributed by atoms with Crippen LogP contribution in [0.2, 0.25) is 0 Å². The fraction of sp³-hybridized carbons (Fsp3) is 0.667. The van der Waals surface area contributed by atoms with E-state index in [2.05, 4.69) is 0 Å². The van der Waals surface area contributed by atoms with Crippen LogP contribution in [0.15, 0.2) is 16.8 Å². The second-order valence-corrected chi connectivity index (χ2v) is 10.6. The van der Waals surface area contributed by atoms with Gasteiger partial charge in [-0.2, -0.15) is 0 Å². The molecule has 3 fully saturated rings. The molecular formula is C27H38NO4S2+. The molecule has 186 valence electrons. The molecule has 0 aliphatic carbocycles. The van der Waals surface area contributed by atoms with Gasteiger partial charge in [-0.15, -0.1) is 22.7 Å². The fourth-order valence-electron chi connectivity index (χ4n) is 4.86. The molecule has 2 aromatic heterocycles. The molecule has 5 heterocycles. The Balaban J connectivity index is 1.87. The SMILES string of the molecule is [2H]c1sc(C(OC)(C(=O)OC2([2H])C([2H])([2H])C3([2H])C4([2H])OC4(C)C([2H])(C2([2H])[2H])[N+]3(C([2H])([2H])C)C([2H])(C)C)c2sc([2H])c(C)c2C)c(C)c1[2H]. The Morgan fingerprint density at radius 3 is 2.68 bits per heavy atom. The monoisotopic (exact) mass is 518 g/mol. The zero-order valence-electron chi connectivity index (χ0n) is 34.4. The maximum Gasteiger partial charge on any atom is 0.349 e. The van der Waals surface area contributed by atoms with E-state index in [9.17, 15) is 15.8 Å². The molecule has 7 atom stereocenters. The number of piperidine rings is 1. The van der Waals surface area contributed by atoms with Crippen LogP contribution in [0.25, 0.3) is 0 Å². The number of hydrogen-bond acceptors (Lipinski definition) is 6. The van der Waals surface area contributed by atoms with Gasteiger partial charge in [-0.1, -0.05) is 0 Å². The van der Waals surface area contributed by atoms with Gasteiger partial charge in [-0.3, -0.25) is 0 Å². The lowest BCUT2D eigenvalue weighted by Gasteiger charge is -2.54. The van der Waals surface area contributed by atoms with Gasteiger partial charge in [0.1, 0.15) is 29.8 Å². The van der Waals surface area contributed by atoms with E-state index in [4.69, 9.17) is 22.4 Å². The van der Waals surface area contributed by atoms with Crippen LogP contribution < -0.4 is 0 Å². The number of methoxy groups -OCH3 is 1. The van der Waals surface area contributed by atoms with Crippen molar-refractivity contribution in [1.29, 1.82) is 0 Å². The van der Waals surface area contributed by atoms with E-state index in [-0.39, 0.29) is 32.1 Å². The number of fused-ring (bicyclic) bond motifs is 5. The maximum absolute atomic E-state index is 14.9. The number of morpholine rings is 1. The van der Waals surface area contributed by atoms with Crippen LogP contribution in [-0.2, 0) is 24.6 Å². The maximum atomic E-state index is 14.9. The van der Waals surface area contributed by atoms with Gasteiger partial charge in [0.25, 0.3) is 0 Å². The van der Waals surface area contributed by atoms with Crippen LogP contribution in [-0.4, -0.2) is 59.9 Å². The van der Waals surface area contributed by atoms with E-state index in [1.165, 1.54) is 6.92 Å². The van der Waals surface area contributed by atoms with Gasteiger partial charge in [0.2, 0.25) is 5.60 Å². The minimum Gasteiger partial charge on any atom is -0.459 e. The highest BCUT2D eigenvalue weighted by molar-refractivity contribution is 7.12. The van der Waals surface area contributed by atoms with Crippen molar-refractivity contribution in [2.45, 2.75) is 103 Å². The van der Waals surface area contributed by atoms with E-state index in [1.807, 2.05) is 0 Å². The number of carbonyl (C=O) groups excluding carboxylic acids is 1.